The SMILES string of the molecule is c1cc(-c2cccc(-c3ccc4oc5ccc(-c6cccc(-c7cccc(-c8ccc9oc%10cccnc%10c9c8)c7)c6)nc5c4c3)c2)cc(-c2ccc3oc4cccnc4c3c2)c1. The molecule has 0 bridgehead atoms. The van der Waals surface area contributed by atoms with Gasteiger partial charge in [-0.05, 0) is 153 Å². The Kier molecular flexibility index (Phi) is 7.80. The molecule has 6 aromatic heterocycles. The van der Waals surface area contributed by atoms with E-state index in [9.17, 15) is 0 Å². The average molecular weight is 808 g/mol. The molecule has 0 amide bonds. The van der Waals surface area contributed by atoms with Gasteiger partial charge in [0.25, 0.3) is 0 Å². The van der Waals surface area contributed by atoms with E-state index in [1.807, 2.05) is 60.9 Å². The fourth-order valence-electron chi connectivity index (χ4n) is 9.03. The van der Waals surface area contributed by atoms with Crippen LogP contribution in [0.1, 0.15) is 0 Å². The first-order valence-electron chi connectivity index (χ1n) is 21.0. The van der Waals surface area contributed by atoms with E-state index in [4.69, 9.17) is 18.2 Å². The van der Waals surface area contributed by atoms with E-state index in [-0.39, 0.29) is 0 Å². The zero-order chi connectivity index (χ0) is 41.4. The van der Waals surface area contributed by atoms with Gasteiger partial charge in [-0.3, -0.25) is 9.97 Å². The van der Waals surface area contributed by atoms with Gasteiger partial charge in [0.15, 0.2) is 16.7 Å². The number of furan rings is 3. The number of rotatable bonds is 6. The third-order valence-electron chi connectivity index (χ3n) is 12.2. The smallest absolute Gasteiger partial charge is 0.153 e. The van der Waals surface area contributed by atoms with E-state index in [2.05, 4.69) is 149 Å². The maximum atomic E-state index is 6.34. The molecule has 0 unspecified atom stereocenters. The monoisotopic (exact) mass is 807 g/mol. The topological polar surface area (TPSA) is 78.1 Å². The fourth-order valence-corrected chi connectivity index (χ4v) is 9.03. The Labute approximate surface area is 360 Å². The summed E-state index contributed by atoms with van der Waals surface area (Å²) in [7, 11) is 0. The first-order chi connectivity index (χ1) is 31.1. The molecule has 294 valence electrons. The Balaban J connectivity index is 0.813. The molecule has 0 saturated carbocycles. The van der Waals surface area contributed by atoms with Crippen molar-refractivity contribution in [3.63, 3.8) is 0 Å². The Morgan fingerprint density at radius 1 is 0.254 bits per heavy atom. The lowest BCUT2D eigenvalue weighted by atomic mass is 9.95. The summed E-state index contributed by atoms with van der Waals surface area (Å²) >= 11 is 0. The second-order valence-corrected chi connectivity index (χ2v) is 16.0. The zero-order valence-corrected chi connectivity index (χ0v) is 33.6. The highest BCUT2D eigenvalue weighted by Gasteiger charge is 2.15. The van der Waals surface area contributed by atoms with Crippen molar-refractivity contribution in [1.82, 2.24) is 15.0 Å². The summed E-state index contributed by atoms with van der Waals surface area (Å²) in [5.74, 6) is 0. The van der Waals surface area contributed by atoms with E-state index in [1.54, 1.807) is 0 Å². The van der Waals surface area contributed by atoms with Crippen LogP contribution in [0.5, 0.6) is 0 Å². The molecule has 0 radical (unpaired) electrons. The van der Waals surface area contributed by atoms with E-state index in [0.717, 1.165) is 133 Å². The molecule has 7 aromatic carbocycles. The van der Waals surface area contributed by atoms with Crippen LogP contribution >= 0.6 is 0 Å². The van der Waals surface area contributed by atoms with Gasteiger partial charge in [-0.2, -0.15) is 0 Å². The number of aromatic nitrogens is 3. The van der Waals surface area contributed by atoms with Crippen LogP contribution in [0.3, 0.4) is 0 Å². The minimum Gasteiger partial charge on any atom is -0.454 e. The van der Waals surface area contributed by atoms with E-state index in [1.165, 1.54) is 0 Å². The van der Waals surface area contributed by atoms with Crippen molar-refractivity contribution in [2.24, 2.45) is 0 Å². The highest BCUT2D eigenvalue weighted by atomic mass is 16.3. The van der Waals surface area contributed by atoms with Crippen molar-refractivity contribution in [3.8, 4) is 66.9 Å². The lowest BCUT2D eigenvalue weighted by Crippen LogP contribution is -1.86. The normalized spacial score (nSPS) is 11.8. The second kappa shape index (κ2) is 14.0. The molecule has 6 heteroatoms. The predicted molar refractivity (Wildman–Crippen MR) is 254 cm³/mol. The summed E-state index contributed by atoms with van der Waals surface area (Å²) in [4.78, 5) is 14.4. The maximum absolute atomic E-state index is 6.34. The molecular formula is C57H33N3O3. The number of hydrogen-bond acceptors (Lipinski definition) is 6. The van der Waals surface area contributed by atoms with E-state index < -0.39 is 0 Å². The molecule has 0 saturated heterocycles. The standard InChI is InChI=1S/C57H33N3O3/c1-7-34(27-37(10-1)41-17-21-49-45(31-41)55-52(61-49)15-5-25-58-55)35-8-2-12-39(28-35)43-19-23-51-47(33-43)57-54(63-51)24-20-48(60-57)44-14-4-13-40(30-44)36-9-3-11-38(29-36)42-18-22-50-46(32-42)56-53(62-50)16-6-26-59-56/h1-33H. The summed E-state index contributed by atoms with van der Waals surface area (Å²) < 4.78 is 18.4. The molecule has 0 N–H and O–H groups in total. The minimum atomic E-state index is 0.760. The van der Waals surface area contributed by atoms with Gasteiger partial charge < -0.3 is 13.3 Å². The van der Waals surface area contributed by atoms with Crippen LogP contribution in [0.2, 0.25) is 0 Å². The molecule has 13 rings (SSSR count). The van der Waals surface area contributed by atoms with Gasteiger partial charge in [0, 0.05) is 34.1 Å². The van der Waals surface area contributed by atoms with Crippen molar-refractivity contribution in [1.29, 1.82) is 0 Å². The van der Waals surface area contributed by atoms with Gasteiger partial charge in [0.2, 0.25) is 0 Å². The lowest BCUT2D eigenvalue weighted by molar-refractivity contribution is 0.668. The van der Waals surface area contributed by atoms with Gasteiger partial charge in [0.1, 0.15) is 33.3 Å². The van der Waals surface area contributed by atoms with Gasteiger partial charge in [-0.15, -0.1) is 0 Å². The number of hydrogen-bond donors (Lipinski definition) is 0. The molecule has 63 heavy (non-hydrogen) atoms. The molecule has 13 aromatic rings. The zero-order valence-electron chi connectivity index (χ0n) is 33.6. The molecule has 0 atom stereocenters. The Morgan fingerprint density at radius 3 is 1.02 bits per heavy atom. The minimum absolute atomic E-state index is 0.760. The molecular weight excluding hydrogens is 775 g/mol. The Morgan fingerprint density at radius 2 is 0.587 bits per heavy atom. The van der Waals surface area contributed by atoms with Crippen LogP contribution in [-0.4, -0.2) is 15.0 Å². The summed E-state index contributed by atoms with van der Waals surface area (Å²) in [6.45, 7) is 0. The molecule has 0 spiro atoms. The van der Waals surface area contributed by atoms with Gasteiger partial charge in [-0.1, -0.05) is 91.0 Å². The van der Waals surface area contributed by atoms with Crippen LogP contribution in [-0.2, 0) is 0 Å². The molecule has 0 aliphatic carbocycles. The molecule has 0 aliphatic rings. The maximum Gasteiger partial charge on any atom is 0.153 e. The predicted octanol–water partition coefficient (Wildman–Crippen LogP) is 15.6. The summed E-state index contributed by atoms with van der Waals surface area (Å²) in [5.41, 5.74) is 20.6. The number of benzene rings is 7. The van der Waals surface area contributed by atoms with Gasteiger partial charge >= 0.3 is 0 Å². The molecule has 0 aliphatic heterocycles. The van der Waals surface area contributed by atoms with Crippen LogP contribution in [0.4, 0.5) is 0 Å². The molecule has 6 nitrogen and oxygen atoms in total. The third-order valence-corrected chi connectivity index (χ3v) is 12.2. The average Bonchev–Trinajstić information content (AvgIpc) is 4.04. The van der Waals surface area contributed by atoms with Crippen molar-refractivity contribution in [2.75, 3.05) is 0 Å². The number of fused-ring (bicyclic) bond motifs is 9. The highest BCUT2D eigenvalue weighted by Crippen LogP contribution is 2.38. The van der Waals surface area contributed by atoms with Gasteiger partial charge in [0.05, 0.1) is 5.69 Å². The van der Waals surface area contributed by atoms with Crippen molar-refractivity contribution < 1.29 is 13.3 Å². The van der Waals surface area contributed by atoms with Crippen LogP contribution < -0.4 is 0 Å². The second-order valence-electron chi connectivity index (χ2n) is 16.0. The first kappa shape index (κ1) is 35.2. The number of nitrogens with zero attached hydrogens (tertiary/aromatic N) is 3. The Hall–Kier alpha value is -8.61. The lowest BCUT2D eigenvalue weighted by Gasteiger charge is -2.09. The van der Waals surface area contributed by atoms with Gasteiger partial charge in [-0.25, -0.2) is 4.98 Å². The fraction of sp³-hybridized carbons (Fsp3) is 0. The summed E-state index contributed by atoms with van der Waals surface area (Å²) in [6, 6.07) is 65.5. The van der Waals surface area contributed by atoms with Crippen molar-refractivity contribution in [3.05, 3.63) is 200 Å². The third kappa shape index (κ3) is 5.99. The number of pyridine rings is 3. The molecule has 6 heterocycles. The Bertz CT molecular complexity index is 3690. The van der Waals surface area contributed by atoms with Crippen molar-refractivity contribution in [2.45, 2.75) is 0 Å². The summed E-state index contributed by atoms with van der Waals surface area (Å²) in [6.07, 6.45) is 3.62. The summed E-state index contributed by atoms with van der Waals surface area (Å²) in [5, 5.41) is 3.01. The highest BCUT2D eigenvalue weighted by molar-refractivity contribution is 6.06. The molecule has 0 fully saturated rings. The quantitative estimate of drug-likeness (QED) is 0.166. The van der Waals surface area contributed by atoms with E-state index >= 15 is 0 Å². The largest absolute Gasteiger partial charge is 0.454 e. The van der Waals surface area contributed by atoms with Crippen molar-refractivity contribution >= 4 is 66.2 Å². The van der Waals surface area contributed by atoms with E-state index in [0.29, 0.717) is 0 Å². The first-order valence-corrected chi connectivity index (χ1v) is 21.0. The van der Waals surface area contributed by atoms with Crippen LogP contribution in [0.25, 0.3) is 133 Å². The van der Waals surface area contributed by atoms with Crippen LogP contribution in [0, 0.1) is 0 Å². The van der Waals surface area contributed by atoms with Crippen LogP contribution in [0.15, 0.2) is 214 Å².